The maximum absolute atomic E-state index is 12.8. The second-order valence-corrected chi connectivity index (χ2v) is 6.65. The maximum atomic E-state index is 12.8. The Labute approximate surface area is 157 Å². The summed E-state index contributed by atoms with van der Waals surface area (Å²) in [6.45, 7) is 1.15. The van der Waals surface area contributed by atoms with Crippen LogP contribution >= 0.6 is 11.8 Å². The Balaban J connectivity index is 1.49. The van der Waals surface area contributed by atoms with Crippen LogP contribution in [0.1, 0.15) is 24.0 Å². The van der Waals surface area contributed by atoms with Crippen LogP contribution < -0.4 is 10.1 Å². The van der Waals surface area contributed by atoms with Gasteiger partial charge in [-0.25, -0.2) is 4.39 Å². The highest BCUT2D eigenvalue weighted by molar-refractivity contribution is 7.99. The van der Waals surface area contributed by atoms with Crippen LogP contribution in [0.5, 0.6) is 5.75 Å². The molecule has 2 aromatic carbocycles. The molecule has 2 aromatic rings. The van der Waals surface area contributed by atoms with Crippen molar-refractivity contribution in [2.45, 2.75) is 18.6 Å². The summed E-state index contributed by atoms with van der Waals surface area (Å²) < 4.78 is 18.3. The predicted molar refractivity (Wildman–Crippen MR) is 101 cm³/mol. The first kappa shape index (κ1) is 19.8. The zero-order chi connectivity index (χ0) is 18.6. The number of carbonyl (C=O) groups excluding carboxylic acids is 1. The van der Waals surface area contributed by atoms with Gasteiger partial charge in [-0.05, 0) is 54.8 Å². The molecule has 0 aromatic heterocycles. The lowest BCUT2D eigenvalue weighted by atomic mass is 10.2. The molecule has 0 unspecified atom stereocenters. The normalized spacial score (nSPS) is 10.2. The smallest absolute Gasteiger partial charge is 0.230 e. The third-order valence-electron chi connectivity index (χ3n) is 3.56. The Bertz CT molecular complexity index is 727. The summed E-state index contributed by atoms with van der Waals surface area (Å²) >= 11 is 1.54. The molecule has 6 heteroatoms. The van der Waals surface area contributed by atoms with Gasteiger partial charge in [0.25, 0.3) is 0 Å². The highest BCUT2D eigenvalue weighted by atomic mass is 32.2. The van der Waals surface area contributed by atoms with Gasteiger partial charge < -0.3 is 10.1 Å². The fraction of sp³-hybridized carbons (Fsp3) is 0.300. The van der Waals surface area contributed by atoms with Crippen molar-refractivity contribution in [2.75, 3.05) is 18.9 Å². The maximum Gasteiger partial charge on any atom is 0.230 e. The van der Waals surface area contributed by atoms with Crippen LogP contribution in [0.25, 0.3) is 0 Å². The quantitative estimate of drug-likeness (QED) is 0.643. The van der Waals surface area contributed by atoms with Crippen molar-refractivity contribution in [3.8, 4) is 11.8 Å². The van der Waals surface area contributed by atoms with Crippen LogP contribution in [0.3, 0.4) is 0 Å². The van der Waals surface area contributed by atoms with Crippen molar-refractivity contribution >= 4 is 17.7 Å². The summed E-state index contributed by atoms with van der Waals surface area (Å²) in [7, 11) is 0. The molecule has 0 bridgehead atoms. The van der Waals surface area contributed by atoms with Gasteiger partial charge in [-0.15, -0.1) is 11.8 Å². The molecule has 0 saturated carbocycles. The van der Waals surface area contributed by atoms with Crippen LogP contribution in [-0.2, 0) is 10.5 Å². The second kappa shape index (κ2) is 11.2. The van der Waals surface area contributed by atoms with E-state index in [1.54, 1.807) is 36.0 Å². The van der Waals surface area contributed by atoms with Crippen molar-refractivity contribution in [1.29, 1.82) is 5.26 Å². The summed E-state index contributed by atoms with van der Waals surface area (Å²) in [5.74, 6) is 1.53. The van der Waals surface area contributed by atoms with Gasteiger partial charge in [-0.1, -0.05) is 12.1 Å². The van der Waals surface area contributed by atoms with Gasteiger partial charge in [0.05, 0.1) is 24.0 Å². The number of unbranched alkanes of at least 4 members (excludes halogenated alkanes) is 1. The fourth-order valence-corrected chi connectivity index (χ4v) is 2.98. The van der Waals surface area contributed by atoms with Crippen molar-refractivity contribution in [1.82, 2.24) is 5.32 Å². The van der Waals surface area contributed by atoms with Gasteiger partial charge in [-0.3, -0.25) is 4.79 Å². The predicted octanol–water partition coefficient (Wildman–Crippen LogP) is 3.91. The Morgan fingerprint density at radius 3 is 2.54 bits per heavy atom. The second-order valence-electron chi connectivity index (χ2n) is 5.66. The zero-order valence-corrected chi connectivity index (χ0v) is 15.2. The third kappa shape index (κ3) is 7.58. The van der Waals surface area contributed by atoms with Gasteiger partial charge in [0.15, 0.2) is 0 Å². The minimum absolute atomic E-state index is 0.0168. The summed E-state index contributed by atoms with van der Waals surface area (Å²) in [4.78, 5) is 11.8. The number of carbonyl (C=O) groups is 1. The van der Waals surface area contributed by atoms with Crippen LogP contribution in [0, 0.1) is 17.1 Å². The molecular formula is C20H21FN2O2S. The average Bonchev–Trinajstić information content (AvgIpc) is 2.66. The fourth-order valence-electron chi connectivity index (χ4n) is 2.16. The van der Waals surface area contributed by atoms with E-state index in [4.69, 9.17) is 10.00 Å². The summed E-state index contributed by atoms with van der Waals surface area (Å²) in [6, 6.07) is 15.4. The van der Waals surface area contributed by atoms with Crippen molar-refractivity contribution < 1.29 is 13.9 Å². The molecule has 0 fully saturated rings. The molecule has 0 radical (unpaired) electrons. The van der Waals surface area contributed by atoms with E-state index in [0.29, 0.717) is 30.2 Å². The number of nitriles is 1. The van der Waals surface area contributed by atoms with E-state index < -0.39 is 0 Å². The number of hydrogen-bond acceptors (Lipinski definition) is 4. The standard InChI is InChI=1S/C20H21FN2O2S/c21-18-7-9-19(10-8-18)25-12-2-1-11-23-20(24)15-26-14-17-5-3-16(13-22)4-6-17/h3-10H,1-2,11-12,14-15H2,(H,23,24). The molecule has 4 nitrogen and oxygen atoms in total. The Morgan fingerprint density at radius 2 is 1.85 bits per heavy atom. The molecule has 0 heterocycles. The largest absolute Gasteiger partial charge is 0.494 e. The lowest BCUT2D eigenvalue weighted by Crippen LogP contribution is -2.26. The van der Waals surface area contributed by atoms with E-state index >= 15 is 0 Å². The molecule has 0 aliphatic carbocycles. The lowest BCUT2D eigenvalue weighted by Gasteiger charge is -2.07. The highest BCUT2D eigenvalue weighted by Crippen LogP contribution is 2.13. The number of rotatable bonds is 10. The number of ether oxygens (including phenoxy) is 1. The number of benzene rings is 2. The number of nitrogens with zero attached hydrogens (tertiary/aromatic N) is 1. The van der Waals surface area contributed by atoms with Gasteiger partial charge in [-0.2, -0.15) is 5.26 Å². The third-order valence-corrected chi connectivity index (χ3v) is 4.56. The van der Waals surface area contributed by atoms with E-state index in [-0.39, 0.29) is 11.7 Å². The first-order valence-corrected chi connectivity index (χ1v) is 9.54. The first-order valence-electron chi connectivity index (χ1n) is 8.39. The van der Waals surface area contributed by atoms with Gasteiger partial charge in [0.2, 0.25) is 5.91 Å². The Morgan fingerprint density at radius 1 is 1.12 bits per heavy atom. The molecule has 0 aliphatic rings. The molecule has 136 valence electrons. The van der Waals surface area contributed by atoms with E-state index in [2.05, 4.69) is 11.4 Å². The van der Waals surface area contributed by atoms with Gasteiger partial charge in [0.1, 0.15) is 11.6 Å². The molecule has 0 atom stereocenters. The van der Waals surface area contributed by atoms with Crippen LogP contribution in [0.15, 0.2) is 48.5 Å². The lowest BCUT2D eigenvalue weighted by molar-refractivity contribution is -0.118. The number of amides is 1. The van der Waals surface area contributed by atoms with Crippen molar-refractivity contribution in [3.63, 3.8) is 0 Å². The SMILES string of the molecule is N#Cc1ccc(CSCC(=O)NCCCCOc2ccc(F)cc2)cc1. The number of nitrogens with one attached hydrogen (secondary N) is 1. The monoisotopic (exact) mass is 372 g/mol. The first-order chi connectivity index (χ1) is 12.7. The number of thioether (sulfide) groups is 1. The molecule has 0 saturated heterocycles. The van der Waals surface area contributed by atoms with E-state index in [9.17, 15) is 9.18 Å². The Hall–Kier alpha value is -2.52. The molecular weight excluding hydrogens is 351 g/mol. The molecule has 2 rings (SSSR count). The average molecular weight is 372 g/mol. The minimum atomic E-state index is -0.280. The minimum Gasteiger partial charge on any atom is -0.494 e. The zero-order valence-electron chi connectivity index (χ0n) is 14.4. The van der Waals surface area contributed by atoms with E-state index in [1.165, 1.54) is 12.1 Å². The van der Waals surface area contributed by atoms with Crippen molar-refractivity contribution in [2.24, 2.45) is 0 Å². The number of halogens is 1. The van der Waals surface area contributed by atoms with Gasteiger partial charge in [0, 0.05) is 12.3 Å². The summed E-state index contributed by atoms with van der Waals surface area (Å²) in [6.07, 6.45) is 1.64. The topological polar surface area (TPSA) is 62.1 Å². The van der Waals surface area contributed by atoms with Crippen LogP contribution in [0.4, 0.5) is 4.39 Å². The number of hydrogen-bond donors (Lipinski definition) is 1. The van der Waals surface area contributed by atoms with Crippen LogP contribution in [-0.4, -0.2) is 24.8 Å². The molecule has 1 amide bonds. The molecule has 1 N–H and O–H groups in total. The van der Waals surface area contributed by atoms with Crippen LogP contribution in [0.2, 0.25) is 0 Å². The molecule has 0 spiro atoms. The molecule has 0 aliphatic heterocycles. The van der Waals surface area contributed by atoms with Gasteiger partial charge >= 0.3 is 0 Å². The van der Waals surface area contributed by atoms with E-state index in [1.807, 2.05) is 12.1 Å². The van der Waals surface area contributed by atoms with E-state index in [0.717, 1.165) is 24.2 Å². The Kier molecular flexibility index (Phi) is 8.50. The summed E-state index contributed by atoms with van der Waals surface area (Å²) in [5, 5.41) is 11.6. The molecule has 26 heavy (non-hydrogen) atoms. The van der Waals surface area contributed by atoms with Crippen molar-refractivity contribution in [3.05, 3.63) is 65.5 Å². The summed E-state index contributed by atoms with van der Waals surface area (Å²) in [5.41, 5.74) is 1.74. The highest BCUT2D eigenvalue weighted by Gasteiger charge is 2.02.